The van der Waals surface area contributed by atoms with Gasteiger partial charge in [-0.05, 0) is 12.1 Å². The molecule has 2 N–H and O–H groups in total. The molecule has 6 heteroatoms. The SMILES string of the molecule is COC(=O)Cc1cc(NCCNC(C)=O)c2ccccc2n1. The van der Waals surface area contributed by atoms with Crippen molar-refractivity contribution < 1.29 is 14.3 Å². The molecule has 1 heterocycles. The summed E-state index contributed by atoms with van der Waals surface area (Å²) < 4.78 is 4.68. The maximum Gasteiger partial charge on any atom is 0.311 e. The molecule has 0 atom stereocenters. The third-order valence-corrected chi connectivity index (χ3v) is 3.14. The van der Waals surface area contributed by atoms with E-state index < -0.39 is 0 Å². The van der Waals surface area contributed by atoms with E-state index in [1.807, 2.05) is 30.3 Å². The summed E-state index contributed by atoms with van der Waals surface area (Å²) in [6.07, 6.45) is 0.127. The van der Waals surface area contributed by atoms with E-state index in [1.165, 1.54) is 14.0 Å². The van der Waals surface area contributed by atoms with Crippen LogP contribution in [0.15, 0.2) is 30.3 Å². The number of aromatic nitrogens is 1. The van der Waals surface area contributed by atoms with E-state index in [1.54, 1.807) is 0 Å². The first kappa shape index (κ1) is 15.8. The number of ether oxygens (including phenoxy) is 1. The molecule has 0 unspecified atom stereocenters. The van der Waals surface area contributed by atoms with Crippen molar-refractivity contribution in [1.29, 1.82) is 0 Å². The number of nitrogens with zero attached hydrogens (tertiary/aromatic N) is 1. The van der Waals surface area contributed by atoms with Gasteiger partial charge in [0.15, 0.2) is 0 Å². The van der Waals surface area contributed by atoms with Crippen LogP contribution in [0.2, 0.25) is 0 Å². The van der Waals surface area contributed by atoms with Crippen LogP contribution in [-0.4, -0.2) is 37.1 Å². The molecule has 2 aromatic rings. The molecule has 0 saturated carbocycles. The van der Waals surface area contributed by atoms with Gasteiger partial charge >= 0.3 is 5.97 Å². The average molecular weight is 301 g/mol. The molecule has 0 bridgehead atoms. The average Bonchev–Trinajstić information content (AvgIpc) is 2.51. The van der Waals surface area contributed by atoms with E-state index in [0.29, 0.717) is 18.8 Å². The first-order valence-corrected chi connectivity index (χ1v) is 7.04. The van der Waals surface area contributed by atoms with E-state index >= 15 is 0 Å². The van der Waals surface area contributed by atoms with Gasteiger partial charge in [-0.1, -0.05) is 18.2 Å². The monoisotopic (exact) mass is 301 g/mol. The molecular weight excluding hydrogens is 282 g/mol. The second-order valence-corrected chi connectivity index (χ2v) is 4.84. The number of para-hydroxylation sites is 1. The summed E-state index contributed by atoms with van der Waals surface area (Å²) in [5, 5.41) is 6.97. The normalized spacial score (nSPS) is 10.3. The van der Waals surface area contributed by atoms with Crippen molar-refractivity contribution in [1.82, 2.24) is 10.3 Å². The van der Waals surface area contributed by atoms with E-state index in [9.17, 15) is 9.59 Å². The first-order chi connectivity index (χ1) is 10.6. The summed E-state index contributed by atoms with van der Waals surface area (Å²) in [6.45, 7) is 2.60. The summed E-state index contributed by atoms with van der Waals surface area (Å²) in [5.74, 6) is -0.389. The third-order valence-electron chi connectivity index (χ3n) is 3.14. The van der Waals surface area contributed by atoms with E-state index in [2.05, 4.69) is 20.4 Å². The van der Waals surface area contributed by atoms with E-state index in [0.717, 1.165) is 16.6 Å². The van der Waals surface area contributed by atoms with Crippen LogP contribution in [0.3, 0.4) is 0 Å². The smallest absolute Gasteiger partial charge is 0.311 e. The highest BCUT2D eigenvalue weighted by Gasteiger charge is 2.09. The van der Waals surface area contributed by atoms with E-state index in [4.69, 9.17) is 0 Å². The predicted molar refractivity (Wildman–Crippen MR) is 84.6 cm³/mol. The Hall–Kier alpha value is -2.63. The van der Waals surface area contributed by atoms with Crippen molar-refractivity contribution >= 4 is 28.5 Å². The Balaban J connectivity index is 2.21. The Morgan fingerprint density at radius 2 is 2.00 bits per heavy atom. The molecule has 0 radical (unpaired) electrons. The second-order valence-electron chi connectivity index (χ2n) is 4.84. The summed E-state index contributed by atoms with van der Waals surface area (Å²) in [5.41, 5.74) is 2.34. The number of benzene rings is 1. The van der Waals surface area contributed by atoms with Crippen LogP contribution < -0.4 is 10.6 Å². The number of fused-ring (bicyclic) bond motifs is 1. The van der Waals surface area contributed by atoms with Gasteiger partial charge in [0.05, 0.1) is 24.7 Å². The Labute approximate surface area is 128 Å². The maximum absolute atomic E-state index is 11.4. The van der Waals surface area contributed by atoms with Gasteiger partial charge in [-0.3, -0.25) is 14.6 Å². The Kier molecular flexibility index (Phi) is 5.30. The van der Waals surface area contributed by atoms with Gasteiger partial charge in [-0.2, -0.15) is 0 Å². The molecule has 6 nitrogen and oxygen atoms in total. The molecule has 0 saturated heterocycles. The molecule has 1 aromatic carbocycles. The highest BCUT2D eigenvalue weighted by Crippen LogP contribution is 2.23. The van der Waals surface area contributed by atoms with Crippen molar-refractivity contribution in [3.8, 4) is 0 Å². The maximum atomic E-state index is 11.4. The Morgan fingerprint density at radius 1 is 1.23 bits per heavy atom. The molecular formula is C16H19N3O3. The lowest BCUT2D eigenvalue weighted by Crippen LogP contribution is -2.26. The summed E-state index contributed by atoms with van der Waals surface area (Å²) in [7, 11) is 1.36. The van der Waals surface area contributed by atoms with Gasteiger partial charge in [-0.25, -0.2) is 0 Å². The lowest BCUT2D eigenvalue weighted by atomic mass is 10.1. The molecule has 1 amide bonds. The topological polar surface area (TPSA) is 80.3 Å². The minimum absolute atomic E-state index is 0.0623. The zero-order chi connectivity index (χ0) is 15.9. The summed E-state index contributed by atoms with van der Waals surface area (Å²) >= 11 is 0. The van der Waals surface area contributed by atoms with Crippen LogP contribution in [0, 0.1) is 0 Å². The standard InChI is InChI=1S/C16H19N3O3/c1-11(20)17-7-8-18-15-9-12(10-16(21)22-2)19-14-6-4-3-5-13(14)15/h3-6,9H,7-8,10H2,1-2H3,(H,17,20)(H,18,19). The summed E-state index contributed by atoms with van der Waals surface area (Å²) in [6, 6.07) is 9.54. The van der Waals surface area contributed by atoms with Crippen LogP contribution in [0.4, 0.5) is 5.69 Å². The summed E-state index contributed by atoms with van der Waals surface area (Å²) in [4.78, 5) is 26.8. The zero-order valence-corrected chi connectivity index (χ0v) is 12.7. The highest BCUT2D eigenvalue weighted by atomic mass is 16.5. The number of pyridine rings is 1. The number of amides is 1. The van der Waals surface area contributed by atoms with E-state index in [-0.39, 0.29) is 18.3 Å². The third kappa shape index (κ3) is 4.18. The molecule has 0 fully saturated rings. The van der Waals surface area contributed by atoms with Crippen molar-refractivity contribution in [3.05, 3.63) is 36.0 Å². The molecule has 1 aromatic heterocycles. The van der Waals surface area contributed by atoms with Gasteiger partial charge in [-0.15, -0.1) is 0 Å². The number of anilines is 1. The highest BCUT2D eigenvalue weighted by molar-refractivity contribution is 5.92. The minimum Gasteiger partial charge on any atom is -0.469 e. The molecule has 0 aliphatic heterocycles. The molecule has 0 aliphatic carbocycles. The Morgan fingerprint density at radius 3 is 2.73 bits per heavy atom. The van der Waals surface area contributed by atoms with Crippen LogP contribution in [0.1, 0.15) is 12.6 Å². The number of hydrogen-bond acceptors (Lipinski definition) is 5. The largest absolute Gasteiger partial charge is 0.469 e. The molecule has 22 heavy (non-hydrogen) atoms. The van der Waals surface area contributed by atoms with Gasteiger partial charge in [0.1, 0.15) is 0 Å². The van der Waals surface area contributed by atoms with Crippen LogP contribution >= 0.6 is 0 Å². The zero-order valence-electron chi connectivity index (χ0n) is 12.7. The number of methoxy groups -OCH3 is 1. The van der Waals surface area contributed by atoms with Crippen molar-refractivity contribution in [2.45, 2.75) is 13.3 Å². The fourth-order valence-electron chi connectivity index (χ4n) is 2.12. The number of esters is 1. The van der Waals surface area contributed by atoms with Crippen LogP contribution in [0.5, 0.6) is 0 Å². The molecule has 0 spiro atoms. The van der Waals surface area contributed by atoms with Gasteiger partial charge in [0, 0.05) is 31.1 Å². The molecule has 116 valence electrons. The number of carbonyl (C=O) groups excluding carboxylic acids is 2. The van der Waals surface area contributed by atoms with Crippen LogP contribution in [0.25, 0.3) is 10.9 Å². The minimum atomic E-state index is -0.327. The lowest BCUT2D eigenvalue weighted by Gasteiger charge is -2.12. The molecule has 2 rings (SSSR count). The quantitative estimate of drug-likeness (QED) is 0.624. The lowest BCUT2D eigenvalue weighted by molar-refractivity contribution is -0.139. The fourth-order valence-corrected chi connectivity index (χ4v) is 2.12. The number of rotatable bonds is 6. The van der Waals surface area contributed by atoms with Gasteiger partial charge < -0.3 is 15.4 Å². The predicted octanol–water partition coefficient (Wildman–Crippen LogP) is 1.50. The molecule has 0 aliphatic rings. The van der Waals surface area contributed by atoms with Crippen molar-refractivity contribution in [2.75, 3.05) is 25.5 Å². The Bertz CT molecular complexity index is 685. The fraction of sp³-hybridized carbons (Fsp3) is 0.312. The number of carbonyl (C=O) groups is 2. The van der Waals surface area contributed by atoms with Crippen molar-refractivity contribution in [2.24, 2.45) is 0 Å². The number of nitrogens with one attached hydrogen (secondary N) is 2. The first-order valence-electron chi connectivity index (χ1n) is 7.04. The van der Waals surface area contributed by atoms with Gasteiger partial charge in [0.25, 0.3) is 0 Å². The van der Waals surface area contributed by atoms with Crippen molar-refractivity contribution in [3.63, 3.8) is 0 Å². The second kappa shape index (κ2) is 7.40. The van der Waals surface area contributed by atoms with Crippen LogP contribution in [-0.2, 0) is 20.7 Å². The van der Waals surface area contributed by atoms with Gasteiger partial charge in [0.2, 0.25) is 5.91 Å². The number of hydrogen-bond donors (Lipinski definition) is 2.